The number of likely N-dealkylation sites (N-methyl/N-ethyl adjacent to an activating group) is 1. The Bertz CT molecular complexity index is 1070. The zero-order valence-corrected chi connectivity index (χ0v) is 18.0. The van der Waals surface area contributed by atoms with E-state index in [9.17, 15) is 14.0 Å². The maximum atomic E-state index is 14.2. The van der Waals surface area contributed by atoms with Gasteiger partial charge in [-0.05, 0) is 30.3 Å². The summed E-state index contributed by atoms with van der Waals surface area (Å²) in [5.74, 6) is -0.328. The summed E-state index contributed by atoms with van der Waals surface area (Å²) >= 11 is 1.19. The molecule has 160 valence electrons. The zero-order valence-electron chi connectivity index (χ0n) is 17.2. The molecule has 0 aliphatic heterocycles. The summed E-state index contributed by atoms with van der Waals surface area (Å²) in [5, 5.41) is 2.03. The van der Waals surface area contributed by atoms with Crippen molar-refractivity contribution < 1.29 is 18.7 Å². The summed E-state index contributed by atoms with van der Waals surface area (Å²) in [7, 11) is 1.68. The van der Waals surface area contributed by atoms with Crippen molar-refractivity contribution in [2.24, 2.45) is 0 Å². The number of benzene rings is 2. The number of amides is 2. The first-order valence-electron chi connectivity index (χ1n) is 9.57. The summed E-state index contributed by atoms with van der Waals surface area (Å²) < 4.78 is 19.8. The lowest BCUT2D eigenvalue weighted by atomic mass is 10.3. The summed E-state index contributed by atoms with van der Waals surface area (Å²) in [5.41, 5.74) is 0.638. The molecule has 3 aromatic rings. The second-order valence-electron chi connectivity index (χ2n) is 6.62. The van der Waals surface area contributed by atoms with Crippen LogP contribution in [-0.2, 0) is 9.59 Å². The number of aromatic nitrogens is 1. The van der Waals surface area contributed by atoms with Crippen LogP contribution < -0.4 is 9.64 Å². The lowest BCUT2D eigenvalue weighted by Crippen LogP contribution is -2.29. The highest BCUT2D eigenvalue weighted by molar-refractivity contribution is 7.14. The SMILES string of the molecule is CC(=O)N(c1nc(/C=C/C(=O)N(C)CCOc2ccccc2)cs1)c1ccccc1F. The molecule has 1 heterocycles. The van der Waals surface area contributed by atoms with Gasteiger partial charge in [0.1, 0.15) is 18.2 Å². The number of hydrogen-bond donors (Lipinski definition) is 0. The second kappa shape index (κ2) is 10.5. The maximum absolute atomic E-state index is 14.2. The minimum atomic E-state index is -0.514. The van der Waals surface area contributed by atoms with E-state index in [1.54, 1.807) is 30.6 Å². The van der Waals surface area contributed by atoms with Gasteiger partial charge in [-0.2, -0.15) is 0 Å². The van der Waals surface area contributed by atoms with Gasteiger partial charge < -0.3 is 9.64 Å². The van der Waals surface area contributed by atoms with E-state index in [4.69, 9.17) is 4.74 Å². The van der Waals surface area contributed by atoms with Crippen molar-refractivity contribution in [1.29, 1.82) is 0 Å². The molecular weight excluding hydrogens is 417 g/mol. The maximum Gasteiger partial charge on any atom is 0.246 e. The predicted molar refractivity (Wildman–Crippen MR) is 120 cm³/mol. The number of carbonyl (C=O) groups is 2. The van der Waals surface area contributed by atoms with Crippen LogP contribution in [0.15, 0.2) is 66.1 Å². The van der Waals surface area contributed by atoms with Gasteiger partial charge in [-0.15, -0.1) is 11.3 Å². The Morgan fingerprint density at radius 1 is 1.13 bits per heavy atom. The second-order valence-corrected chi connectivity index (χ2v) is 7.45. The number of nitrogens with zero attached hydrogens (tertiary/aromatic N) is 3. The fourth-order valence-electron chi connectivity index (χ4n) is 2.71. The molecule has 0 fully saturated rings. The predicted octanol–water partition coefficient (Wildman–Crippen LogP) is 4.52. The van der Waals surface area contributed by atoms with E-state index < -0.39 is 5.82 Å². The van der Waals surface area contributed by atoms with Crippen LogP contribution in [0.25, 0.3) is 6.08 Å². The Labute approximate surface area is 184 Å². The quantitative estimate of drug-likeness (QED) is 0.484. The van der Waals surface area contributed by atoms with Gasteiger partial charge in [0.15, 0.2) is 5.13 Å². The van der Waals surface area contributed by atoms with Crippen molar-refractivity contribution in [2.75, 3.05) is 25.1 Å². The van der Waals surface area contributed by atoms with Gasteiger partial charge >= 0.3 is 0 Å². The molecule has 0 spiro atoms. The average Bonchev–Trinajstić information content (AvgIpc) is 3.22. The van der Waals surface area contributed by atoms with Crippen molar-refractivity contribution in [1.82, 2.24) is 9.88 Å². The Kier molecular flexibility index (Phi) is 7.50. The fraction of sp³-hybridized carbons (Fsp3) is 0.174. The number of carbonyl (C=O) groups excluding carboxylic acids is 2. The van der Waals surface area contributed by atoms with Gasteiger partial charge in [-0.25, -0.2) is 9.37 Å². The molecular formula is C23H22FN3O3S. The molecule has 0 saturated carbocycles. The van der Waals surface area contributed by atoms with Crippen molar-refractivity contribution in [3.05, 3.63) is 77.6 Å². The van der Waals surface area contributed by atoms with Crippen molar-refractivity contribution in [2.45, 2.75) is 6.92 Å². The molecule has 0 atom stereocenters. The minimum Gasteiger partial charge on any atom is -0.492 e. The van der Waals surface area contributed by atoms with E-state index in [0.29, 0.717) is 24.0 Å². The molecule has 2 aromatic carbocycles. The standard InChI is InChI=1S/C23H22FN3O3S/c1-17(28)27(21-11-7-6-10-20(21)24)23-25-18(16-31-23)12-13-22(29)26(2)14-15-30-19-8-4-3-5-9-19/h3-13,16H,14-15H2,1-2H3/b13-12+. The zero-order chi connectivity index (χ0) is 22.2. The highest BCUT2D eigenvalue weighted by Gasteiger charge is 2.20. The van der Waals surface area contributed by atoms with Crippen LogP contribution in [0.2, 0.25) is 0 Å². The molecule has 0 aliphatic rings. The van der Waals surface area contributed by atoms with Gasteiger partial charge in [0, 0.05) is 25.4 Å². The summed E-state index contributed by atoms with van der Waals surface area (Å²) in [4.78, 5) is 31.5. The molecule has 1 aromatic heterocycles. The Hall–Kier alpha value is -3.52. The Morgan fingerprint density at radius 3 is 2.55 bits per heavy atom. The minimum absolute atomic E-state index is 0.133. The number of ether oxygens (including phenoxy) is 1. The lowest BCUT2D eigenvalue weighted by molar-refractivity contribution is -0.125. The monoisotopic (exact) mass is 439 g/mol. The van der Waals surface area contributed by atoms with Gasteiger partial charge in [-0.1, -0.05) is 30.3 Å². The highest BCUT2D eigenvalue weighted by Crippen LogP contribution is 2.30. The van der Waals surface area contributed by atoms with E-state index in [2.05, 4.69) is 4.98 Å². The average molecular weight is 440 g/mol. The van der Waals surface area contributed by atoms with Crippen LogP contribution in [0.1, 0.15) is 12.6 Å². The van der Waals surface area contributed by atoms with Crippen LogP contribution in [0, 0.1) is 5.82 Å². The van der Waals surface area contributed by atoms with Gasteiger partial charge in [0.05, 0.1) is 17.9 Å². The van der Waals surface area contributed by atoms with Gasteiger partial charge in [0.2, 0.25) is 11.8 Å². The molecule has 0 saturated heterocycles. The number of anilines is 2. The molecule has 0 bridgehead atoms. The molecule has 6 nitrogen and oxygen atoms in total. The van der Waals surface area contributed by atoms with Crippen molar-refractivity contribution in [3.8, 4) is 5.75 Å². The number of halogens is 1. The molecule has 0 unspecified atom stereocenters. The van der Waals surface area contributed by atoms with Gasteiger partial charge in [-0.3, -0.25) is 14.5 Å². The third-order valence-electron chi connectivity index (χ3n) is 4.32. The lowest BCUT2D eigenvalue weighted by Gasteiger charge is -2.18. The first-order chi connectivity index (χ1) is 15.0. The molecule has 3 rings (SSSR count). The van der Waals surface area contributed by atoms with E-state index in [1.165, 1.54) is 46.3 Å². The fourth-order valence-corrected chi connectivity index (χ4v) is 3.56. The van der Waals surface area contributed by atoms with E-state index in [-0.39, 0.29) is 17.5 Å². The third kappa shape index (κ3) is 5.99. The van der Waals surface area contributed by atoms with E-state index >= 15 is 0 Å². The van der Waals surface area contributed by atoms with Crippen LogP contribution in [-0.4, -0.2) is 41.9 Å². The number of thiazole rings is 1. The van der Waals surface area contributed by atoms with Crippen LogP contribution >= 0.6 is 11.3 Å². The van der Waals surface area contributed by atoms with Crippen molar-refractivity contribution in [3.63, 3.8) is 0 Å². The van der Waals surface area contributed by atoms with E-state index in [1.807, 2.05) is 30.3 Å². The number of rotatable bonds is 8. The molecule has 2 amide bonds. The van der Waals surface area contributed by atoms with Crippen LogP contribution in [0.3, 0.4) is 0 Å². The molecule has 0 radical (unpaired) electrons. The Balaban J connectivity index is 1.60. The topological polar surface area (TPSA) is 62.7 Å². The smallest absolute Gasteiger partial charge is 0.246 e. The summed E-state index contributed by atoms with van der Waals surface area (Å²) in [6.45, 7) is 2.14. The van der Waals surface area contributed by atoms with Crippen LogP contribution in [0.4, 0.5) is 15.2 Å². The third-order valence-corrected chi connectivity index (χ3v) is 5.16. The Morgan fingerprint density at radius 2 is 1.84 bits per heavy atom. The van der Waals surface area contributed by atoms with Crippen molar-refractivity contribution >= 4 is 40.0 Å². The number of hydrogen-bond acceptors (Lipinski definition) is 5. The largest absolute Gasteiger partial charge is 0.492 e. The molecule has 0 N–H and O–H groups in total. The highest BCUT2D eigenvalue weighted by atomic mass is 32.1. The van der Waals surface area contributed by atoms with Gasteiger partial charge in [0.25, 0.3) is 0 Å². The molecule has 31 heavy (non-hydrogen) atoms. The van der Waals surface area contributed by atoms with Crippen LogP contribution in [0.5, 0.6) is 5.75 Å². The summed E-state index contributed by atoms with van der Waals surface area (Å²) in [6.07, 6.45) is 2.97. The molecule has 8 heteroatoms. The van der Waals surface area contributed by atoms with E-state index in [0.717, 1.165) is 5.75 Å². The normalized spacial score (nSPS) is 10.8. The number of para-hydroxylation sites is 2. The molecule has 0 aliphatic carbocycles. The first-order valence-corrected chi connectivity index (χ1v) is 10.5. The first kappa shape index (κ1) is 22.2. The summed E-state index contributed by atoms with van der Waals surface area (Å²) in [6, 6.07) is 15.4.